The van der Waals surface area contributed by atoms with Gasteiger partial charge in [-0.25, -0.2) is 0 Å². The zero-order valence-electron chi connectivity index (χ0n) is 15.6. The number of hydrogen-bond acceptors (Lipinski definition) is 5. The molecule has 0 aliphatic carbocycles. The van der Waals surface area contributed by atoms with Crippen LogP contribution in [0.3, 0.4) is 0 Å². The van der Waals surface area contributed by atoms with Gasteiger partial charge in [0.15, 0.2) is 11.5 Å². The average molecular weight is 373 g/mol. The number of hydrogen-bond donors (Lipinski definition) is 0. The summed E-state index contributed by atoms with van der Waals surface area (Å²) in [5, 5.41) is 0. The highest BCUT2D eigenvalue weighted by Gasteiger charge is 2.33. The first kappa shape index (κ1) is 18.1. The number of benzene rings is 1. The second-order valence-electron chi connectivity index (χ2n) is 7.41. The van der Waals surface area contributed by atoms with E-state index in [0.717, 1.165) is 39.0 Å². The van der Waals surface area contributed by atoms with Crippen molar-refractivity contribution in [3.8, 4) is 11.5 Å². The van der Waals surface area contributed by atoms with Crippen molar-refractivity contribution < 1.29 is 19.1 Å². The Kier molecular flexibility index (Phi) is 5.48. The molecule has 0 radical (unpaired) electrons. The number of rotatable bonds is 3. The van der Waals surface area contributed by atoms with Crippen LogP contribution < -0.4 is 9.47 Å². The van der Waals surface area contributed by atoms with Crippen LogP contribution in [-0.4, -0.2) is 85.0 Å². The van der Waals surface area contributed by atoms with E-state index in [9.17, 15) is 9.59 Å². The highest BCUT2D eigenvalue weighted by atomic mass is 16.6. The standard InChI is InChI=1S/C20H27N3O4/c24-19(22-8-4-1-5-9-22)14-21-10-12-23(13-11-21)20(25)18-15-26-16-6-2-3-7-17(16)27-18/h2-3,6-7,18H,1,4-5,8-15H2. The first-order chi connectivity index (χ1) is 13.2. The van der Waals surface area contributed by atoms with Crippen LogP contribution in [0.1, 0.15) is 19.3 Å². The lowest BCUT2D eigenvalue weighted by Crippen LogP contribution is -2.55. The molecule has 4 rings (SSSR count). The van der Waals surface area contributed by atoms with Gasteiger partial charge >= 0.3 is 0 Å². The summed E-state index contributed by atoms with van der Waals surface area (Å²) in [5.41, 5.74) is 0. The van der Waals surface area contributed by atoms with Crippen LogP contribution in [0.4, 0.5) is 0 Å². The molecule has 0 N–H and O–H groups in total. The quantitative estimate of drug-likeness (QED) is 0.791. The van der Waals surface area contributed by atoms with E-state index < -0.39 is 6.10 Å². The number of fused-ring (bicyclic) bond motifs is 1. The van der Waals surface area contributed by atoms with Gasteiger partial charge in [-0.2, -0.15) is 0 Å². The molecule has 146 valence electrons. The van der Waals surface area contributed by atoms with Crippen LogP contribution in [0.15, 0.2) is 24.3 Å². The second-order valence-corrected chi connectivity index (χ2v) is 7.41. The molecule has 2 amide bonds. The van der Waals surface area contributed by atoms with Crippen LogP contribution in [0.25, 0.3) is 0 Å². The largest absolute Gasteiger partial charge is 0.485 e. The molecule has 0 aromatic heterocycles. The molecule has 1 unspecified atom stereocenters. The summed E-state index contributed by atoms with van der Waals surface area (Å²) in [7, 11) is 0. The number of amides is 2. The number of nitrogens with zero attached hydrogens (tertiary/aromatic N) is 3. The van der Waals surface area contributed by atoms with Crippen LogP contribution in [0.2, 0.25) is 0 Å². The van der Waals surface area contributed by atoms with E-state index in [-0.39, 0.29) is 18.4 Å². The van der Waals surface area contributed by atoms with Crippen molar-refractivity contribution in [2.75, 3.05) is 52.4 Å². The summed E-state index contributed by atoms with van der Waals surface area (Å²) >= 11 is 0. The van der Waals surface area contributed by atoms with E-state index in [4.69, 9.17) is 9.47 Å². The molecule has 3 heterocycles. The summed E-state index contributed by atoms with van der Waals surface area (Å²) in [4.78, 5) is 31.1. The molecule has 27 heavy (non-hydrogen) atoms. The molecule has 7 nitrogen and oxygen atoms in total. The molecule has 0 spiro atoms. The molecule has 7 heteroatoms. The van der Waals surface area contributed by atoms with Crippen LogP contribution >= 0.6 is 0 Å². The predicted molar refractivity (Wildman–Crippen MR) is 99.8 cm³/mol. The molecule has 1 atom stereocenters. The predicted octanol–water partition coefficient (Wildman–Crippen LogP) is 0.983. The highest BCUT2D eigenvalue weighted by molar-refractivity contribution is 5.82. The third-order valence-corrected chi connectivity index (χ3v) is 5.54. The molecular formula is C20H27N3O4. The van der Waals surface area contributed by atoms with Gasteiger partial charge in [-0.3, -0.25) is 14.5 Å². The maximum absolute atomic E-state index is 12.8. The highest BCUT2D eigenvalue weighted by Crippen LogP contribution is 2.31. The maximum atomic E-state index is 12.8. The van der Waals surface area contributed by atoms with Gasteiger partial charge in [0.1, 0.15) is 6.61 Å². The van der Waals surface area contributed by atoms with Crippen molar-refractivity contribution in [1.29, 1.82) is 0 Å². The summed E-state index contributed by atoms with van der Waals surface area (Å²) in [6.45, 7) is 5.14. The Morgan fingerprint density at radius 2 is 1.59 bits per heavy atom. The normalized spacial score (nSPS) is 23.2. The molecular weight excluding hydrogens is 346 g/mol. The Bertz CT molecular complexity index is 682. The van der Waals surface area contributed by atoms with E-state index in [2.05, 4.69) is 4.90 Å². The molecule has 0 saturated carbocycles. The Hall–Kier alpha value is -2.28. The van der Waals surface area contributed by atoms with E-state index in [1.54, 1.807) is 0 Å². The van der Waals surface area contributed by atoms with E-state index >= 15 is 0 Å². The molecule has 0 bridgehead atoms. The third kappa shape index (κ3) is 4.18. The SMILES string of the molecule is O=C(CN1CCN(C(=O)C2COc3ccccc3O2)CC1)N1CCCCC1. The Labute approximate surface area is 159 Å². The Morgan fingerprint density at radius 3 is 2.33 bits per heavy atom. The summed E-state index contributed by atoms with van der Waals surface area (Å²) in [6.07, 6.45) is 2.85. The Balaban J connectivity index is 1.25. The fourth-order valence-corrected chi connectivity index (χ4v) is 3.91. The lowest BCUT2D eigenvalue weighted by molar-refractivity contribution is -0.143. The Morgan fingerprint density at radius 1 is 0.889 bits per heavy atom. The van der Waals surface area contributed by atoms with Crippen LogP contribution in [0, 0.1) is 0 Å². The van der Waals surface area contributed by atoms with Crippen molar-refractivity contribution in [3.63, 3.8) is 0 Å². The minimum Gasteiger partial charge on any atom is -0.485 e. The molecule has 1 aromatic rings. The van der Waals surface area contributed by atoms with Gasteiger partial charge in [0, 0.05) is 39.3 Å². The molecule has 3 aliphatic rings. The maximum Gasteiger partial charge on any atom is 0.267 e. The van der Waals surface area contributed by atoms with Gasteiger partial charge < -0.3 is 19.3 Å². The van der Waals surface area contributed by atoms with Gasteiger partial charge in [0.25, 0.3) is 5.91 Å². The van der Waals surface area contributed by atoms with E-state index in [0.29, 0.717) is 31.1 Å². The monoisotopic (exact) mass is 373 g/mol. The van der Waals surface area contributed by atoms with Crippen LogP contribution in [0.5, 0.6) is 11.5 Å². The van der Waals surface area contributed by atoms with Crippen LogP contribution in [-0.2, 0) is 9.59 Å². The topological polar surface area (TPSA) is 62.3 Å². The van der Waals surface area contributed by atoms with E-state index in [1.165, 1.54) is 6.42 Å². The molecule has 2 saturated heterocycles. The number of carbonyl (C=O) groups excluding carboxylic acids is 2. The minimum atomic E-state index is -0.596. The molecule has 1 aromatic carbocycles. The van der Waals surface area contributed by atoms with Crippen molar-refractivity contribution in [1.82, 2.24) is 14.7 Å². The smallest absolute Gasteiger partial charge is 0.267 e. The number of piperazine rings is 1. The van der Waals surface area contributed by atoms with Crippen molar-refractivity contribution in [3.05, 3.63) is 24.3 Å². The summed E-state index contributed by atoms with van der Waals surface area (Å²) < 4.78 is 11.5. The minimum absolute atomic E-state index is 0.0356. The molecule has 3 aliphatic heterocycles. The first-order valence-corrected chi connectivity index (χ1v) is 9.88. The fraction of sp³-hybridized carbons (Fsp3) is 0.600. The number of para-hydroxylation sites is 2. The van der Waals surface area contributed by atoms with Crippen molar-refractivity contribution >= 4 is 11.8 Å². The van der Waals surface area contributed by atoms with Gasteiger partial charge in [-0.1, -0.05) is 12.1 Å². The fourth-order valence-electron chi connectivity index (χ4n) is 3.91. The zero-order valence-corrected chi connectivity index (χ0v) is 15.6. The number of likely N-dealkylation sites (tertiary alicyclic amines) is 1. The zero-order chi connectivity index (χ0) is 18.6. The second kappa shape index (κ2) is 8.17. The van der Waals surface area contributed by atoms with Crippen molar-refractivity contribution in [2.24, 2.45) is 0 Å². The van der Waals surface area contributed by atoms with Gasteiger partial charge in [-0.15, -0.1) is 0 Å². The summed E-state index contributed by atoms with van der Waals surface area (Å²) in [6, 6.07) is 7.41. The first-order valence-electron chi connectivity index (χ1n) is 9.88. The number of piperidine rings is 1. The number of ether oxygens (including phenoxy) is 2. The lowest BCUT2D eigenvalue weighted by Gasteiger charge is -2.37. The average Bonchev–Trinajstić information content (AvgIpc) is 2.74. The van der Waals surface area contributed by atoms with E-state index in [1.807, 2.05) is 34.1 Å². The third-order valence-electron chi connectivity index (χ3n) is 5.54. The van der Waals surface area contributed by atoms with Gasteiger partial charge in [0.2, 0.25) is 12.0 Å². The molecule has 2 fully saturated rings. The summed E-state index contributed by atoms with van der Waals surface area (Å²) in [5.74, 6) is 1.48. The van der Waals surface area contributed by atoms with Crippen molar-refractivity contribution in [2.45, 2.75) is 25.4 Å². The van der Waals surface area contributed by atoms with Gasteiger partial charge in [0.05, 0.1) is 6.54 Å². The van der Waals surface area contributed by atoms with Gasteiger partial charge in [-0.05, 0) is 31.4 Å². The lowest BCUT2D eigenvalue weighted by atomic mass is 10.1. The number of carbonyl (C=O) groups is 2.